The third kappa shape index (κ3) is 3.42. The van der Waals surface area contributed by atoms with E-state index in [1.807, 2.05) is 6.08 Å². The monoisotopic (exact) mass is 353 g/mol. The lowest BCUT2D eigenvalue weighted by molar-refractivity contribution is -0.138. The molecule has 0 spiro atoms. The van der Waals surface area contributed by atoms with Gasteiger partial charge in [0.25, 0.3) is 0 Å². The fraction of sp³-hybridized carbons (Fsp3) is 0.556. The van der Waals surface area contributed by atoms with Gasteiger partial charge in [0, 0.05) is 31.4 Å². The molecule has 2 aliphatic rings. The van der Waals surface area contributed by atoms with Crippen molar-refractivity contribution in [3.05, 3.63) is 41.2 Å². The first-order chi connectivity index (χ1) is 11.6. The molecule has 0 saturated heterocycles. The first kappa shape index (κ1) is 17.9. The topological polar surface area (TPSA) is 59.2 Å². The zero-order valence-corrected chi connectivity index (χ0v) is 14.3. The summed E-state index contributed by atoms with van der Waals surface area (Å²) in [5.74, 6) is 0.398. The lowest BCUT2D eigenvalue weighted by Crippen LogP contribution is -2.54. The smallest absolute Gasteiger partial charge is 0.336 e. The molecule has 0 fully saturated rings. The Kier molecular flexibility index (Phi) is 4.39. The van der Waals surface area contributed by atoms with Gasteiger partial charge in [0.2, 0.25) is 5.91 Å². The van der Waals surface area contributed by atoms with Gasteiger partial charge < -0.3 is 10.6 Å². The molecule has 1 amide bonds. The van der Waals surface area contributed by atoms with Gasteiger partial charge >= 0.3 is 6.18 Å². The standard InChI is InChI=1S/C18H22F3N3O/c1-11(2)12-3-5-17(22,8-12)16(25)24-6-4-15-13(10-24)7-14(9-23-15)18(19,20)21/h3,5,7,9,11-12H,4,6,8,10,22H2,1-2H3/t12-,17+/m0/s1. The summed E-state index contributed by atoms with van der Waals surface area (Å²) in [6.07, 6.45) is 1.11. The molecule has 1 aliphatic carbocycles. The van der Waals surface area contributed by atoms with Crippen molar-refractivity contribution in [2.45, 2.75) is 44.9 Å². The highest BCUT2D eigenvalue weighted by Crippen LogP contribution is 2.34. The van der Waals surface area contributed by atoms with Crippen LogP contribution in [-0.4, -0.2) is 27.9 Å². The Morgan fingerprint density at radius 1 is 1.44 bits per heavy atom. The number of amides is 1. The van der Waals surface area contributed by atoms with Crippen molar-refractivity contribution in [2.24, 2.45) is 17.6 Å². The van der Waals surface area contributed by atoms with Crippen LogP contribution < -0.4 is 5.73 Å². The molecule has 3 rings (SSSR count). The van der Waals surface area contributed by atoms with Crippen LogP contribution in [0.1, 0.15) is 37.1 Å². The predicted octanol–water partition coefficient (Wildman–Crippen LogP) is 2.91. The highest BCUT2D eigenvalue weighted by molar-refractivity contribution is 5.89. The van der Waals surface area contributed by atoms with Crippen molar-refractivity contribution in [3.63, 3.8) is 0 Å². The third-order valence-electron chi connectivity index (χ3n) is 5.12. The van der Waals surface area contributed by atoms with Gasteiger partial charge in [-0.15, -0.1) is 0 Å². The number of alkyl halides is 3. The maximum absolute atomic E-state index is 12.9. The number of allylic oxidation sites excluding steroid dienone is 1. The number of halogens is 3. The molecule has 1 aromatic rings. The van der Waals surface area contributed by atoms with Crippen LogP contribution in [0.3, 0.4) is 0 Å². The lowest BCUT2D eigenvalue weighted by Gasteiger charge is -2.34. The van der Waals surface area contributed by atoms with Gasteiger partial charge in [-0.05, 0) is 29.9 Å². The molecule has 2 atom stereocenters. The molecule has 0 aromatic carbocycles. The first-order valence-electron chi connectivity index (χ1n) is 8.43. The summed E-state index contributed by atoms with van der Waals surface area (Å²) in [4.78, 5) is 18.4. The van der Waals surface area contributed by atoms with Crippen LogP contribution in [0.5, 0.6) is 0 Å². The van der Waals surface area contributed by atoms with Crippen molar-refractivity contribution in [2.75, 3.05) is 6.54 Å². The van der Waals surface area contributed by atoms with E-state index in [0.717, 1.165) is 12.3 Å². The van der Waals surface area contributed by atoms with Crippen LogP contribution in [0.2, 0.25) is 0 Å². The largest absolute Gasteiger partial charge is 0.417 e. The maximum atomic E-state index is 12.9. The molecule has 0 bridgehead atoms. The molecule has 1 aliphatic heterocycles. The van der Waals surface area contributed by atoms with Crippen LogP contribution in [0.15, 0.2) is 24.4 Å². The summed E-state index contributed by atoms with van der Waals surface area (Å²) in [5.41, 5.74) is 5.51. The number of carbonyl (C=O) groups is 1. The van der Waals surface area contributed by atoms with Crippen molar-refractivity contribution in [1.29, 1.82) is 0 Å². The Morgan fingerprint density at radius 3 is 2.76 bits per heavy atom. The van der Waals surface area contributed by atoms with Crippen LogP contribution in [0, 0.1) is 11.8 Å². The molecular formula is C18H22F3N3O. The van der Waals surface area contributed by atoms with Crippen molar-refractivity contribution < 1.29 is 18.0 Å². The zero-order chi connectivity index (χ0) is 18.4. The molecule has 2 heterocycles. The van der Waals surface area contributed by atoms with E-state index in [1.54, 1.807) is 11.0 Å². The van der Waals surface area contributed by atoms with Crippen molar-refractivity contribution in [3.8, 4) is 0 Å². The summed E-state index contributed by atoms with van der Waals surface area (Å²) >= 11 is 0. The van der Waals surface area contributed by atoms with Gasteiger partial charge in [0.1, 0.15) is 5.54 Å². The summed E-state index contributed by atoms with van der Waals surface area (Å²) in [5, 5.41) is 0. The summed E-state index contributed by atoms with van der Waals surface area (Å²) in [6.45, 7) is 4.69. The molecule has 1 aromatic heterocycles. The molecule has 25 heavy (non-hydrogen) atoms. The number of nitrogens with zero attached hydrogens (tertiary/aromatic N) is 2. The van der Waals surface area contributed by atoms with E-state index in [4.69, 9.17) is 5.73 Å². The van der Waals surface area contributed by atoms with Crippen molar-refractivity contribution >= 4 is 5.91 Å². The molecule has 0 radical (unpaired) electrons. The fourth-order valence-electron chi connectivity index (χ4n) is 3.49. The minimum atomic E-state index is -4.44. The van der Waals surface area contributed by atoms with E-state index in [-0.39, 0.29) is 18.4 Å². The average Bonchev–Trinajstić information content (AvgIpc) is 2.96. The number of carbonyl (C=O) groups excluding carboxylic acids is 1. The summed E-state index contributed by atoms with van der Waals surface area (Å²) < 4.78 is 38.7. The minimum absolute atomic E-state index is 0.115. The Hall–Kier alpha value is -1.89. The van der Waals surface area contributed by atoms with E-state index in [2.05, 4.69) is 18.8 Å². The average molecular weight is 353 g/mol. The second kappa shape index (κ2) is 6.12. The second-order valence-electron chi connectivity index (χ2n) is 7.32. The van der Waals surface area contributed by atoms with E-state index in [0.29, 0.717) is 36.6 Å². The van der Waals surface area contributed by atoms with Crippen LogP contribution in [0.4, 0.5) is 13.2 Å². The SMILES string of the molecule is CC(C)[C@H]1C=C[C@](N)(C(=O)N2CCc3ncc(C(F)(F)F)cc3C2)C1. The molecule has 136 valence electrons. The Labute approximate surface area is 144 Å². The summed E-state index contributed by atoms with van der Waals surface area (Å²) in [6, 6.07) is 1.09. The Morgan fingerprint density at radius 2 is 2.16 bits per heavy atom. The molecule has 2 N–H and O–H groups in total. The molecule has 0 saturated carbocycles. The number of rotatable bonds is 2. The Balaban J connectivity index is 1.78. The number of nitrogens with two attached hydrogens (primary N) is 1. The number of pyridine rings is 1. The first-order valence-corrected chi connectivity index (χ1v) is 8.43. The zero-order valence-electron chi connectivity index (χ0n) is 14.3. The van der Waals surface area contributed by atoms with Gasteiger partial charge in [-0.1, -0.05) is 26.0 Å². The van der Waals surface area contributed by atoms with E-state index < -0.39 is 17.3 Å². The minimum Gasteiger partial charge on any atom is -0.336 e. The Bertz CT molecular complexity index is 714. The highest BCUT2D eigenvalue weighted by atomic mass is 19.4. The molecule has 0 unspecified atom stereocenters. The van der Waals surface area contributed by atoms with Gasteiger partial charge in [0.15, 0.2) is 0 Å². The molecule has 7 heteroatoms. The van der Waals surface area contributed by atoms with E-state index in [9.17, 15) is 18.0 Å². The van der Waals surface area contributed by atoms with Crippen LogP contribution in [0.25, 0.3) is 0 Å². The van der Waals surface area contributed by atoms with Crippen LogP contribution in [-0.2, 0) is 23.9 Å². The van der Waals surface area contributed by atoms with Gasteiger partial charge in [-0.2, -0.15) is 13.2 Å². The van der Waals surface area contributed by atoms with Gasteiger partial charge in [0.05, 0.1) is 5.56 Å². The van der Waals surface area contributed by atoms with E-state index in [1.165, 1.54) is 0 Å². The third-order valence-corrected chi connectivity index (χ3v) is 5.12. The van der Waals surface area contributed by atoms with E-state index >= 15 is 0 Å². The number of fused-ring (bicyclic) bond motifs is 1. The van der Waals surface area contributed by atoms with Gasteiger partial charge in [-0.25, -0.2) is 0 Å². The lowest BCUT2D eigenvalue weighted by atomic mass is 9.88. The molecular weight excluding hydrogens is 331 g/mol. The normalized spacial score (nSPS) is 26.2. The highest BCUT2D eigenvalue weighted by Gasteiger charge is 2.42. The van der Waals surface area contributed by atoms with Gasteiger partial charge in [-0.3, -0.25) is 9.78 Å². The summed E-state index contributed by atoms with van der Waals surface area (Å²) in [7, 11) is 0. The van der Waals surface area contributed by atoms with Crippen molar-refractivity contribution in [1.82, 2.24) is 9.88 Å². The molecule has 4 nitrogen and oxygen atoms in total. The number of aromatic nitrogens is 1. The quantitative estimate of drug-likeness (QED) is 0.832. The number of hydrogen-bond donors (Lipinski definition) is 1. The van der Waals surface area contributed by atoms with Crippen LogP contribution >= 0.6 is 0 Å². The fourth-order valence-corrected chi connectivity index (χ4v) is 3.49. The number of hydrogen-bond acceptors (Lipinski definition) is 3. The second-order valence-corrected chi connectivity index (χ2v) is 7.32. The maximum Gasteiger partial charge on any atom is 0.417 e. The predicted molar refractivity (Wildman–Crippen MR) is 87.4 cm³/mol.